The van der Waals surface area contributed by atoms with Crippen molar-refractivity contribution in [3.05, 3.63) is 48.0 Å². The van der Waals surface area contributed by atoms with Crippen LogP contribution >= 0.6 is 0 Å². The Morgan fingerprint density at radius 2 is 1.78 bits per heavy atom. The molecule has 0 bridgehead atoms. The lowest BCUT2D eigenvalue weighted by Crippen LogP contribution is -2.35. The summed E-state index contributed by atoms with van der Waals surface area (Å²) in [7, 11) is 0. The van der Waals surface area contributed by atoms with Crippen LogP contribution in [0, 0.1) is 0 Å². The van der Waals surface area contributed by atoms with Gasteiger partial charge in [0.15, 0.2) is 0 Å². The SMILES string of the molecule is OCC(F)(F)CNCc1cccc2ccccc12. The Kier molecular flexibility index (Phi) is 3.89. The highest BCUT2D eigenvalue weighted by Crippen LogP contribution is 2.18. The van der Waals surface area contributed by atoms with Crippen LogP contribution in [-0.4, -0.2) is 24.2 Å². The van der Waals surface area contributed by atoms with E-state index < -0.39 is 19.1 Å². The van der Waals surface area contributed by atoms with Crippen molar-refractivity contribution in [1.29, 1.82) is 0 Å². The summed E-state index contributed by atoms with van der Waals surface area (Å²) in [5.74, 6) is -3.06. The quantitative estimate of drug-likeness (QED) is 0.856. The minimum atomic E-state index is -3.06. The van der Waals surface area contributed by atoms with Gasteiger partial charge in [-0.3, -0.25) is 0 Å². The zero-order chi connectivity index (χ0) is 13.0. The van der Waals surface area contributed by atoms with E-state index in [4.69, 9.17) is 5.11 Å². The van der Waals surface area contributed by atoms with Gasteiger partial charge in [0.05, 0.1) is 6.54 Å². The lowest BCUT2D eigenvalue weighted by Gasteiger charge is -2.14. The van der Waals surface area contributed by atoms with Crippen molar-refractivity contribution in [2.45, 2.75) is 12.5 Å². The van der Waals surface area contributed by atoms with Gasteiger partial charge in [-0.05, 0) is 16.3 Å². The number of aliphatic hydroxyl groups is 1. The largest absolute Gasteiger partial charge is 0.390 e. The third-order valence-corrected chi connectivity index (χ3v) is 2.81. The van der Waals surface area contributed by atoms with Gasteiger partial charge in [-0.2, -0.15) is 0 Å². The Bertz CT molecular complexity index is 523. The van der Waals surface area contributed by atoms with Gasteiger partial charge in [0.1, 0.15) is 6.61 Å². The van der Waals surface area contributed by atoms with E-state index in [-0.39, 0.29) is 0 Å². The smallest absolute Gasteiger partial charge is 0.282 e. The molecule has 2 N–H and O–H groups in total. The van der Waals surface area contributed by atoms with Crippen molar-refractivity contribution in [2.75, 3.05) is 13.2 Å². The number of rotatable bonds is 5. The van der Waals surface area contributed by atoms with Gasteiger partial charge in [0.2, 0.25) is 0 Å². The fraction of sp³-hybridized carbons (Fsp3) is 0.286. The molecule has 2 rings (SSSR count). The van der Waals surface area contributed by atoms with Gasteiger partial charge in [-0.15, -0.1) is 0 Å². The Hall–Kier alpha value is -1.52. The molecule has 2 nitrogen and oxygen atoms in total. The van der Waals surface area contributed by atoms with E-state index in [1.807, 2.05) is 42.5 Å². The van der Waals surface area contributed by atoms with Crippen LogP contribution in [0.1, 0.15) is 5.56 Å². The Morgan fingerprint density at radius 3 is 2.56 bits per heavy atom. The Morgan fingerprint density at radius 1 is 1.06 bits per heavy atom. The van der Waals surface area contributed by atoms with Crippen LogP contribution in [0.2, 0.25) is 0 Å². The third kappa shape index (κ3) is 3.03. The molecule has 0 aliphatic heterocycles. The molecule has 0 heterocycles. The summed E-state index contributed by atoms with van der Waals surface area (Å²) in [6.07, 6.45) is 0. The molecule has 0 spiro atoms. The number of fused-ring (bicyclic) bond motifs is 1. The van der Waals surface area contributed by atoms with E-state index in [9.17, 15) is 8.78 Å². The van der Waals surface area contributed by atoms with E-state index in [1.165, 1.54) is 0 Å². The number of alkyl halides is 2. The lowest BCUT2D eigenvalue weighted by molar-refractivity contribution is -0.0477. The molecule has 0 unspecified atom stereocenters. The van der Waals surface area contributed by atoms with E-state index in [0.717, 1.165) is 16.3 Å². The van der Waals surface area contributed by atoms with Gasteiger partial charge in [0.25, 0.3) is 5.92 Å². The van der Waals surface area contributed by atoms with Crippen LogP contribution in [0.5, 0.6) is 0 Å². The number of hydrogen-bond donors (Lipinski definition) is 2. The minimum absolute atomic E-state index is 0.358. The maximum absolute atomic E-state index is 12.9. The second kappa shape index (κ2) is 5.42. The maximum atomic E-state index is 12.9. The first-order valence-electron chi connectivity index (χ1n) is 5.78. The molecule has 18 heavy (non-hydrogen) atoms. The van der Waals surface area contributed by atoms with Crippen molar-refractivity contribution >= 4 is 10.8 Å². The van der Waals surface area contributed by atoms with Crippen molar-refractivity contribution in [2.24, 2.45) is 0 Å². The monoisotopic (exact) mass is 251 g/mol. The molecule has 4 heteroatoms. The first kappa shape index (κ1) is 12.9. The van der Waals surface area contributed by atoms with E-state index >= 15 is 0 Å². The first-order chi connectivity index (χ1) is 8.62. The standard InChI is InChI=1S/C14H15F2NO/c15-14(16,10-18)9-17-8-12-6-3-5-11-4-1-2-7-13(11)12/h1-7,17-18H,8-10H2. The molecule has 0 fully saturated rings. The van der Waals surface area contributed by atoms with Crippen molar-refractivity contribution in [1.82, 2.24) is 5.32 Å². The second-order valence-corrected chi connectivity index (χ2v) is 4.26. The number of aliphatic hydroxyl groups excluding tert-OH is 1. The van der Waals surface area contributed by atoms with Gasteiger partial charge in [0, 0.05) is 6.54 Å². The highest BCUT2D eigenvalue weighted by atomic mass is 19.3. The maximum Gasteiger partial charge on any atom is 0.282 e. The fourth-order valence-electron chi connectivity index (χ4n) is 1.88. The molecule has 0 saturated carbocycles. The summed E-state index contributed by atoms with van der Waals surface area (Å²) >= 11 is 0. The van der Waals surface area contributed by atoms with Crippen LogP contribution in [0.25, 0.3) is 10.8 Å². The minimum Gasteiger partial charge on any atom is -0.390 e. The van der Waals surface area contributed by atoms with Crippen LogP contribution in [-0.2, 0) is 6.54 Å². The molecule has 96 valence electrons. The van der Waals surface area contributed by atoms with Gasteiger partial charge in [-0.1, -0.05) is 42.5 Å². The van der Waals surface area contributed by atoms with Crippen molar-refractivity contribution in [3.63, 3.8) is 0 Å². The first-order valence-corrected chi connectivity index (χ1v) is 5.78. The number of benzene rings is 2. The number of halogens is 2. The van der Waals surface area contributed by atoms with Crippen LogP contribution in [0.15, 0.2) is 42.5 Å². The Balaban J connectivity index is 2.08. The van der Waals surface area contributed by atoms with E-state index in [0.29, 0.717) is 6.54 Å². The highest BCUT2D eigenvalue weighted by Gasteiger charge is 2.26. The summed E-state index contributed by atoms with van der Waals surface area (Å²) in [6.45, 7) is -1.29. The molecule has 2 aromatic carbocycles. The predicted molar refractivity (Wildman–Crippen MR) is 67.7 cm³/mol. The van der Waals surface area contributed by atoms with E-state index in [2.05, 4.69) is 5.32 Å². The zero-order valence-electron chi connectivity index (χ0n) is 9.87. The molecule has 0 aromatic heterocycles. The van der Waals surface area contributed by atoms with Crippen molar-refractivity contribution in [3.8, 4) is 0 Å². The van der Waals surface area contributed by atoms with Crippen LogP contribution in [0.4, 0.5) is 8.78 Å². The highest BCUT2D eigenvalue weighted by molar-refractivity contribution is 5.85. The molecule has 0 atom stereocenters. The third-order valence-electron chi connectivity index (χ3n) is 2.81. The molecule has 0 amide bonds. The predicted octanol–water partition coefficient (Wildman–Crippen LogP) is 2.56. The summed E-state index contributed by atoms with van der Waals surface area (Å²) in [6, 6.07) is 13.6. The fourth-order valence-corrected chi connectivity index (χ4v) is 1.88. The van der Waals surface area contributed by atoms with Crippen molar-refractivity contribution < 1.29 is 13.9 Å². The molecule has 0 aliphatic rings. The van der Waals surface area contributed by atoms with Crippen LogP contribution < -0.4 is 5.32 Å². The number of nitrogens with one attached hydrogen (secondary N) is 1. The molecule has 2 aromatic rings. The van der Waals surface area contributed by atoms with Gasteiger partial charge in [-0.25, -0.2) is 8.78 Å². The summed E-state index contributed by atoms with van der Waals surface area (Å²) in [4.78, 5) is 0. The Labute approximate surface area is 104 Å². The van der Waals surface area contributed by atoms with E-state index in [1.54, 1.807) is 0 Å². The molecular weight excluding hydrogens is 236 g/mol. The summed E-state index contributed by atoms with van der Waals surface area (Å²) in [5, 5.41) is 13.3. The molecule has 0 saturated heterocycles. The topological polar surface area (TPSA) is 32.3 Å². The second-order valence-electron chi connectivity index (χ2n) is 4.26. The van der Waals surface area contributed by atoms with Gasteiger partial charge >= 0.3 is 0 Å². The summed E-state index contributed by atoms with van der Waals surface area (Å²) < 4.78 is 25.7. The average molecular weight is 251 g/mol. The molecule has 0 aliphatic carbocycles. The lowest BCUT2D eigenvalue weighted by atomic mass is 10.0. The van der Waals surface area contributed by atoms with Crippen LogP contribution in [0.3, 0.4) is 0 Å². The summed E-state index contributed by atoms with van der Waals surface area (Å²) in [5.41, 5.74) is 0.974. The molecular formula is C14H15F2NO. The zero-order valence-corrected chi connectivity index (χ0v) is 9.87. The number of hydrogen-bond acceptors (Lipinski definition) is 2. The normalized spacial score (nSPS) is 11.9. The van der Waals surface area contributed by atoms with Gasteiger partial charge < -0.3 is 10.4 Å². The average Bonchev–Trinajstić information content (AvgIpc) is 2.39. The molecule has 0 radical (unpaired) electrons.